The zero-order chi connectivity index (χ0) is 29.4. The average molecular weight is 569 g/mol. The quantitative estimate of drug-likeness (QED) is 0.106. The number of allylic oxidation sites excluding steroid dienone is 4. The molecule has 41 heavy (non-hydrogen) atoms. The molecule has 6 rings (SSSR count). The summed E-state index contributed by atoms with van der Waals surface area (Å²) < 4.78 is 6.78. The number of hydrogen-bond acceptors (Lipinski definition) is 10. The number of nitrogens with one attached hydrogen (secondary N) is 1. The highest BCUT2D eigenvalue weighted by molar-refractivity contribution is 7.21. The first-order valence-electron chi connectivity index (χ1n) is 12.7. The zero-order valence-electron chi connectivity index (χ0n) is 22.4. The average Bonchev–Trinajstić information content (AvgIpc) is 3.48. The van der Waals surface area contributed by atoms with Crippen LogP contribution in [-0.2, 0) is 15.0 Å². The molecule has 2 heterocycles. The number of rotatable bonds is 4. The van der Waals surface area contributed by atoms with Crippen LogP contribution >= 0.6 is 11.3 Å². The maximum Gasteiger partial charge on any atom is 0.194 e. The molecule has 9 nitrogen and oxygen atoms in total. The second kappa shape index (κ2) is 9.03. The Kier molecular flexibility index (Phi) is 5.79. The number of phenols is 3. The Bertz CT molecular complexity index is 1900. The number of anilines is 1. The lowest BCUT2D eigenvalue weighted by atomic mass is 9.70. The van der Waals surface area contributed by atoms with Crippen LogP contribution in [0.3, 0.4) is 0 Å². The molecule has 1 atom stereocenters. The van der Waals surface area contributed by atoms with E-state index in [-0.39, 0.29) is 51.0 Å². The third-order valence-corrected chi connectivity index (χ3v) is 8.68. The number of ether oxygens (including phenoxy) is 1. The van der Waals surface area contributed by atoms with E-state index in [2.05, 4.69) is 10.3 Å². The van der Waals surface area contributed by atoms with Gasteiger partial charge in [0.1, 0.15) is 44.7 Å². The first-order chi connectivity index (χ1) is 19.4. The van der Waals surface area contributed by atoms with Gasteiger partial charge < -0.3 is 25.4 Å². The van der Waals surface area contributed by atoms with Crippen molar-refractivity contribution in [3.63, 3.8) is 0 Å². The van der Waals surface area contributed by atoms with Gasteiger partial charge in [-0.25, -0.2) is 4.98 Å². The van der Waals surface area contributed by atoms with E-state index in [1.54, 1.807) is 19.1 Å². The fourth-order valence-electron chi connectivity index (χ4n) is 5.41. The molecule has 0 bridgehead atoms. The van der Waals surface area contributed by atoms with Gasteiger partial charge in [-0.3, -0.25) is 14.4 Å². The molecule has 0 saturated carbocycles. The summed E-state index contributed by atoms with van der Waals surface area (Å²) in [6, 6.07) is 12.4. The van der Waals surface area contributed by atoms with E-state index >= 15 is 0 Å². The van der Waals surface area contributed by atoms with Crippen molar-refractivity contribution < 1.29 is 34.4 Å². The monoisotopic (exact) mass is 568 g/mol. The van der Waals surface area contributed by atoms with Crippen LogP contribution in [0.4, 0.5) is 5.69 Å². The molecule has 2 aliphatic rings. The van der Waals surface area contributed by atoms with Crippen LogP contribution in [0.2, 0.25) is 0 Å². The van der Waals surface area contributed by atoms with Crippen LogP contribution in [0.1, 0.15) is 42.3 Å². The number of hydrogen-bond donors (Lipinski definition) is 4. The standard InChI is InChI=1S/C31H24N2O7S/c1-13-26(37)24(15(3)34)28-25(27(13)38)31(4)22(40-28)12-20(36)23(29(31)39)14(2)32-16-9-10-19(35)17(11-16)30-33-18-7-5-6-8-21(18)41-30/h5-12,32,35,37-38H,1-4H3/t31-/m0/s1. The minimum absolute atomic E-state index is 0.0230. The minimum atomic E-state index is -1.62. The van der Waals surface area contributed by atoms with Crippen molar-refractivity contribution in [2.24, 2.45) is 0 Å². The lowest BCUT2D eigenvalue weighted by molar-refractivity contribution is -0.123. The van der Waals surface area contributed by atoms with Crippen LogP contribution in [0.5, 0.6) is 23.0 Å². The molecule has 1 aromatic heterocycles. The molecule has 0 spiro atoms. The molecular formula is C31H24N2O7S. The van der Waals surface area contributed by atoms with Gasteiger partial charge in [0.2, 0.25) is 0 Å². The number of thiazole rings is 1. The van der Waals surface area contributed by atoms with E-state index in [0.29, 0.717) is 16.3 Å². The van der Waals surface area contributed by atoms with Crippen molar-refractivity contribution in [1.29, 1.82) is 0 Å². The lowest BCUT2D eigenvalue weighted by Crippen LogP contribution is -2.40. The summed E-state index contributed by atoms with van der Waals surface area (Å²) in [5.41, 5.74) is 0.147. The molecule has 206 valence electrons. The Morgan fingerprint density at radius 2 is 1.78 bits per heavy atom. The molecule has 0 saturated heterocycles. The summed E-state index contributed by atoms with van der Waals surface area (Å²) >= 11 is 1.42. The van der Waals surface area contributed by atoms with Crippen LogP contribution in [-0.4, -0.2) is 37.7 Å². The van der Waals surface area contributed by atoms with Gasteiger partial charge in [-0.15, -0.1) is 11.3 Å². The van der Waals surface area contributed by atoms with Gasteiger partial charge in [-0.05, 0) is 58.0 Å². The predicted octanol–water partition coefficient (Wildman–Crippen LogP) is 5.66. The molecular weight excluding hydrogens is 544 g/mol. The number of carbonyl (C=O) groups is 3. The summed E-state index contributed by atoms with van der Waals surface area (Å²) in [6.07, 6.45) is 1.17. The number of aromatic hydroxyl groups is 3. The van der Waals surface area contributed by atoms with Gasteiger partial charge in [0.05, 0.1) is 26.9 Å². The van der Waals surface area contributed by atoms with Gasteiger partial charge in [0, 0.05) is 23.0 Å². The first kappa shape index (κ1) is 26.3. The van der Waals surface area contributed by atoms with Gasteiger partial charge >= 0.3 is 0 Å². The van der Waals surface area contributed by atoms with Crippen LogP contribution < -0.4 is 10.1 Å². The van der Waals surface area contributed by atoms with Crippen molar-refractivity contribution >= 4 is 44.6 Å². The summed E-state index contributed by atoms with van der Waals surface area (Å²) in [6.45, 7) is 5.76. The van der Waals surface area contributed by atoms with Crippen LogP contribution in [0.15, 0.2) is 65.6 Å². The molecule has 0 amide bonds. The third-order valence-electron chi connectivity index (χ3n) is 7.61. The van der Waals surface area contributed by atoms with Gasteiger partial charge in [0.15, 0.2) is 17.3 Å². The number of ketones is 3. The number of fused-ring (bicyclic) bond motifs is 4. The number of Topliss-reactive ketones (excluding diaryl/α,β-unsaturated/α-hetero) is 2. The van der Waals surface area contributed by atoms with E-state index < -0.39 is 28.5 Å². The minimum Gasteiger partial charge on any atom is -0.507 e. The Labute approximate surface area is 238 Å². The zero-order valence-corrected chi connectivity index (χ0v) is 23.3. The van der Waals surface area contributed by atoms with E-state index in [1.807, 2.05) is 24.3 Å². The molecule has 1 aliphatic carbocycles. The molecule has 4 aromatic rings. The van der Waals surface area contributed by atoms with Gasteiger partial charge in [-0.2, -0.15) is 0 Å². The number of phenolic OH excluding ortho intramolecular Hbond substituents is 3. The Morgan fingerprint density at radius 3 is 2.49 bits per heavy atom. The van der Waals surface area contributed by atoms with Crippen molar-refractivity contribution in [3.05, 3.63) is 82.3 Å². The molecule has 0 radical (unpaired) electrons. The normalized spacial score (nSPS) is 19.0. The van der Waals surface area contributed by atoms with Gasteiger partial charge in [0.25, 0.3) is 0 Å². The highest BCUT2D eigenvalue weighted by atomic mass is 32.1. The van der Waals surface area contributed by atoms with Crippen molar-refractivity contribution in [2.45, 2.75) is 33.1 Å². The van der Waals surface area contributed by atoms with Crippen molar-refractivity contribution in [3.8, 4) is 33.6 Å². The Morgan fingerprint density at radius 1 is 1.05 bits per heavy atom. The fraction of sp³-hybridized carbons (Fsp3) is 0.161. The number of nitrogens with zero attached hydrogens (tertiary/aromatic N) is 1. The van der Waals surface area contributed by atoms with Crippen molar-refractivity contribution in [2.75, 3.05) is 5.32 Å². The molecule has 4 N–H and O–H groups in total. The highest BCUT2D eigenvalue weighted by Crippen LogP contribution is 2.57. The van der Waals surface area contributed by atoms with E-state index in [4.69, 9.17) is 4.74 Å². The molecule has 0 unspecified atom stereocenters. The maximum atomic E-state index is 14.1. The summed E-state index contributed by atoms with van der Waals surface area (Å²) in [7, 11) is 0. The number of carbonyl (C=O) groups excluding carboxylic acids is 3. The maximum absolute atomic E-state index is 14.1. The second-order valence-electron chi connectivity index (χ2n) is 10.2. The number of benzene rings is 3. The molecule has 3 aromatic carbocycles. The third kappa shape index (κ3) is 3.75. The fourth-order valence-corrected chi connectivity index (χ4v) is 6.40. The number of aromatic nitrogens is 1. The van der Waals surface area contributed by atoms with Crippen LogP contribution in [0, 0.1) is 6.92 Å². The van der Waals surface area contributed by atoms with Crippen LogP contribution in [0.25, 0.3) is 20.8 Å². The lowest BCUT2D eigenvalue weighted by Gasteiger charge is -2.29. The van der Waals surface area contributed by atoms with E-state index in [0.717, 1.165) is 10.2 Å². The molecule has 10 heteroatoms. The van der Waals surface area contributed by atoms with Crippen molar-refractivity contribution in [1.82, 2.24) is 4.98 Å². The highest BCUT2D eigenvalue weighted by Gasteiger charge is 2.56. The molecule has 1 aliphatic heterocycles. The largest absolute Gasteiger partial charge is 0.507 e. The van der Waals surface area contributed by atoms with Gasteiger partial charge in [-0.1, -0.05) is 12.1 Å². The summed E-state index contributed by atoms with van der Waals surface area (Å²) in [5, 5.41) is 35.8. The summed E-state index contributed by atoms with van der Waals surface area (Å²) in [5.74, 6) is -2.75. The SMILES string of the molecule is CC(=O)c1c(O)c(C)c(O)c2c1OC1=CC(=O)C(=C(C)Nc3ccc(O)c(-c4nc5ccccc5s4)c3)C(=O)[C@@]12C. The second-order valence-corrected chi connectivity index (χ2v) is 11.3. The first-order valence-corrected chi connectivity index (χ1v) is 13.5. The molecule has 0 fully saturated rings. The smallest absolute Gasteiger partial charge is 0.194 e. The Hall–Kier alpha value is -4.96. The number of para-hydroxylation sites is 1. The van der Waals surface area contributed by atoms with E-state index in [9.17, 15) is 29.7 Å². The predicted molar refractivity (Wildman–Crippen MR) is 154 cm³/mol. The van der Waals surface area contributed by atoms with E-state index in [1.165, 1.54) is 44.3 Å². The summed E-state index contributed by atoms with van der Waals surface area (Å²) in [4.78, 5) is 44.3. The topological polar surface area (TPSA) is 146 Å². The Balaban J connectivity index is 1.43.